The molecule has 17 heavy (non-hydrogen) atoms. The van der Waals surface area contributed by atoms with Gasteiger partial charge in [0.1, 0.15) is 11.5 Å². The third-order valence-electron chi connectivity index (χ3n) is 3.10. The van der Waals surface area contributed by atoms with E-state index in [2.05, 4.69) is 32.0 Å². The van der Waals surface area contributed by atoms with Gasteiger partial charge in [0, 0.05) is 5.56 Å². The molecule has 2 nitrogen and oxygen atoms in total. The topological polar surface area (TPSA) is 39.2 Å². The number of benzene rings is 1. The summed E-state index contributed by atoms with van der Waals surface area (Å²) in [6.45, 7) is 4.22. The molecule has 2 rings (SSSR count). The number of rotatable bonds is 4. The quantitative estimate of drug-likeness (QED) is 0.863. The van der Waals surface area contributed by atoms with Crippen molar-refractivity contribution in [2.45, 2.75) is 32.7 Å². The summed E-state index contributed by atoms with van der Waals surface area (Å²) in [6.07, 6.45) is 1.90. The van der Waals surface area contributed by atoms with Crippen LogP contribution in [-0.4, -0.2) is 0 Å². The molecule has 1 heterocycles. The molecule has 0 aliphatic heterocycles. The van der Waals surface area contributed by atoms with Crippen LogP contribution in [0.1, 0.15) is 37.6 Å². The Bertz CT molecular complexity index is 487. The molecule has 90 valence electrons. The Kier molecular flexibility index (Phi) is 3.64. The summed E-state index contributed by atoms with van der Waals surface area (Å²) in [4.78, 5) is 0. The summed E-state index contributed by atoms with van der Waals surface area (Å²) >= 11 is 0. The highest BCUT2D eigenvalue weighted by molar-refractivity contribution is 5.62. The molecule has 0 saturated heterocycles. The van der Waals surface area contributed by atoms with Gasteiger partial charge in [-0.3, -0.25) is 0 Å². The monoisotopic (exact) mass is 229 g/mol. The maximum absolute atomic E-state index is 5.96. The lowest BCUT2D eigenvalue weighted by molar-refractivity contribution is 0.470. The van der Waals surface area contributed by atoms with Crippen LogP contribution in [0.5, 0.6) is 0 Å². The largest absolute Gasteiger partial charge is 0.459 e. The molecule has 0 radical (unpaired) electrons. The van der Waals surface area contributed by atoms with Crippen LogP contribution in [0.25, 0.3) is 11.3 Å². The molecule has 0 aliphatic carbocycles. The van der Waals surface area contributed by atoms with Crippen LogP contribution in [0.15, 0.2) is 40.8 Å². The Morgan fingerprint density at radius 1 is 1.12 bits per heavy atom. The average Bonchev–Trinajstić information content (AvgIpc) is 2.87. The third-order valence-corrected chi connectivity index (χ3v) is 3.10. The zero-order valence-corrected chi connectivity index (χ0v) is 10.4. The van der Waals surface area contributed by atoms with E-state index >= 15 is 0 Å². The number of furan rings is 1. The van der Waals surface area contributed by atoms with Gasteiger partial charge in [-0.1, -0.05) is 38.1 Å². The van der Waals surface area contributed by atoms with Crippen LogP contribution < -0.4 is 5.73 Å². The lowest BCUT2D eigenvalue weighted by Gasteiger charge is -2.06. The van der Waals surface area contributed by atoms with Crippen LogP contribution in [0.2, 0.25) is 0 Å². The molecule has 2 aromatic rings. The van der Waals surface area contributed by atoms with Gasteiger partial charge in [0.05, 0.1) is 6.04 Å². The predicted molar refractivity (Wildman–Crippen MR) is 70.7 cm³/mol. The molecule has 1 aromatic carbocycles. The Balaban J connectivity index is 2.37. The number of hydrogen-bond acceptors (Lipinski definition) is 2. The van der Waals surface area contributed by atoms with E-state index in [-0.39, 0.29) is 6.04 Å². The highest BCUT2D eigenvalue weighted by Gasteiger charge is 2.11. The van der Waals surface area contributed by atoms with Crippen molar-refractivity contribution in [2.24, 2.45) is 5.73 Å². The van der Waals surface area contributed by atoms with E-state index < -0.39 is 0 Å². The van der Waals surface area contributed by atoms with E-state index in [9.17, 15) is 0 Å². The molecule has 2 heteroatoms. The molecule has 0 spiro atoms. The standard InChI is InChI=1S/C15H19NO/c1-3-11-7-5-6-8-12(11)14-9-10-15(17-14)13(16)4-2/h5-10,13H,3-4,16H2,1-2H3. The van der Waals surface area contributed by atoms with E-state index in [1.165, 1.54) is 11.1 Å². The van der Waals surface area contributed by atoms with Crippen LogP contribution >= 0.6 is 0 Å². The van der Waals surface area contributed by atoms with Crippen LogP contribution in [0, 0.1) is 0 Å². The first-order valence-electron chi connectivity index (χ1n) is 6.19. The normalized spacial score (nSPS) is 12.6. The van der Waals surface area contributed by atoms with Gasteiger partial charge < -0.3 is 10.2 Å². The summed E-state index contributed by atoms with van der Waals surface area (Å²) in [6, 6.07) is 12.3. The lowest BCUT2D eigenvalue weighted by Crippen LogP contribution is -2.06. The van der Waals surface area contributed by atoms with Crippen molar-refractivity contribution < 1.29 is 4.42 Å². The molecular formula is C15H19NO. The van der Waals surface area contributed by atoms with Gasteiger partial charge in [-0.05, 0) is 30.5 Å². The number of nitrogens with two attached hydrogens (primary N) is 1. The van der Waals surface area contributed by atoms with Crippen molar-refractivity contribution in [1.82, 2.24) is 0 Å². The number of hydrogen-bond donors (Lipinski definition) is 1. The highest BCUT2D eigenvalue weighted by atomic mass is 16.3. The fourth-order valence-corrected chi connectivity index (χ4v) is 1.97. The van der Waals surface area contributed by atoms with Gasteiger partial charge in [-0.2, -0.15) is 0 Å². The van der Waals surface area contributed by atoms with Crippen LogP contribution in [-0.2, 0) is 6.42 Å². The van der Waals surface area contributed by atoms with E-state index in [4.69, 9.17) is 10.2 Å². The van der Waals surface area contributed by atoms with E-state index in [0.717, 1.165) is 24.4 Å². The van der Waals surface area contributed by atoms with Gasteiger partial charge in [-0.25, -0.2) is 0 Å². The highest BCUT2D eigenvalue weighted by Crippen LogP contribution is 2.28. The first kappa shape index (κ1) is 11.9. The summed E-state index contributed by atoms with van der Waals surface area (Å²) in [7, 11) is 0. The smallest absolute Gasteiger partial charge is 0.134 e. The minimum absolute atomic E-state index is 0.00228. The summed E-state index contributed by atoms with van der Waals surface area (Å²) in [5, 5.41) is 0. The van der Waals surface area contributed by atoms with E-state index in [0.29, 0.717) is 0 Å². The van der Waals surface area contributed by atoms with Crippen LogP contribution in [0.4, 0.5) is 0 Å². The van der Waals surface area contributed by atoms with Gasteiger partial charge in [0.2, 0.25) is 0 Å². The first-order chi connectivity index (χ1) is 8.26. The second-order valence-corrected chi connectivity index (χ2v) is 4.23. The maximum Gasteiger partial charge on any atom is 0.134 e. The zero-order valence-electron chi connectivity index (χ0n) is 10.4. The summed E-state index contributed by atoms with van der Waals surface area (Å²) in [5.41, 5.74) is 8.44. The van der Waals surface area contributed by atoms with Crippen LogP contribution in [0.3, 0.4) is 0 Å². The molecule has 1 unspecified atom stereocenters. The van der Waals surface area contributed by atoms with Gasteiger partial charge >= 0.3 is 0 Å². The molecule has 1 atom stereocenters. The van der Waals surface area contributed by atoms with Gasteiger partial charge in [0.25, 0.3) is 0 Å². The van der Waals surface area contributed by atoms with Crippen molar-refractivity contribution >= 4 is 0 Å². The molecule has 0 bridgehead atoms. The Labute approximate surface area is 102 Å². The maximum atomic E-state index is 5.96. The Morgan fingerprint density at radius 3 is 2.59 bits per heavy atom. The third kappa shape index (κ3) is 2.42. The Hall–Kier alpha value is -1.54. The SMILES string of the molecule is CCc1ccccc1-c1ccc(C(N)CC)o1. The number of aryl methyl sites for hydroxylation is 1. The molecule has 0 saturated carbocycles. The van der Waals surface area contributed by atoms with E-state index in [1.807, 2.05) is 18.2 Å². The Morgan fingerprint density at radius 2 is 1.88 bits per heavy atom. The molecule has 0 fully saturated rings. The molecule has 2 N–H and O–H groups in total. The second-order valence-electron chi connectivity index (χ2n) is 4.23. The summed E-state index contributed by atoms with van der Waals surface area (Å²) in [5.74, 6) is 1.79. The van der Waals surface area contributed by atoms with E-state index in [1.54, 1.807) is 0 Å². The zero-order chi connectivity index (χ0) is 12.3. The molecular weight excluding hydrogens is 210 g/mol. The lowest BCUT2D eigenvalue weighted by atomic mass is 10.0. The van der Waals surface area contributed by atoms with Crippen molar-refractivity contribution in [3.8, 4) is 11.3 Å². The second kappa shape index (κ2) is 5.19. The average molecular weight is 229 g/mol. The molecule has 1 aromatic heterocycles. The molecule has 0 aliphatic rings. The van der Waals surface area contributed by atoms with Crippen molar-refractivity contribution in [2.75, 3.05) is 0 Å². The molecule has 0 amide bonds. The van der Waals surface area contributed by atoms with Gasteiger partial charge in [0.15, 0.2) is 0 Å². The first-order valence-corrected chi connectivity index (χ1v) is 6.19. The minimum Gasteiger partial charge on any atom is -0.459 e. The minimum atomic E-state index is -0.00228. The van der Waals surface area contributed by atoms with Crippen molar-refractivity contribution in [3.05, 3.63) is 47.7 Å². The predicted octanol–water partition coefficient (Wildman–Crippen LogP) is 3.92. The fraction of sp³-hybridized carbons (Fsp3) is 0.333. The van der Waals surface area contributed by atoms with Crippen molar-refractivity contribution in [3.63, 3.8) is 0 Å². The fourth-order valence-electron chi connectivity index (χ4n) is 1.97. The summed E-state index contributed by atoms with van der Waals surface area (Å²) < 4.78 is 5.84. The van der Waals surface area contributed by atoms with Crippen molar-refractivity contribution in [1.29, 1.82) is 0 Å². The van der Waals surface area contributed by atoms with Gasteiger partial charge in [-0.15, -0.1) is 0 Å².